The Morgan fingerprint density at radius 2 is 1.57 bits per heavy atom. The number of nitrogens with two attached hydrogens (primary N) is 1. The summed E-state index contributed by atoms with van der Waals surface area (Å²) in [4.78, 5) is 11.5. The zero-order chi connectivity index (χ0) is 9.71. The fraction of sp³-hybridized carbons (Fsp3) is 0.417. The molecule has 0 saturated heterocycles. The minimum absolute atomic E-state index is 0.171. The molecule has 2 aliphatic rings. The van der Waals surface area contributed by atoms with Crippen LogP contribution in [0.2, 0.25) is 0 Å². The number of ketones is 1. The second-order valence-corrected chi connectivity index (χ2v) is 4.37. The van der Waals surface area contributed by atoms with Gasteiger partial charge in [0.1, 0.15) is 5.78 Å². The quantitative estimate of drug-likeness (QED) is 0.669. The molecule has 1 fully saturated rings. The van der Waals surface area contributed by atoms with E-state index in [0.29, 0.717) is 18.6 Å². The molecule has 1 aromatic carbocycles. The average Bonchev–Trinajstić information content (AvgIpc) is 2.37. The molecule has 3 rings (SSSR count). The van der Waals surface area contributed by atoms with Crippen molar-refractivity contribution in [2.45, 2.75) is 30.7 Å². The van der Waals surface area contributed by atoms with E-state index in [0.717, 1.165) is 0 Å². The van der Waals surface area contributed by atoms with Crippen molar-refractivity contribution >= 4 is 5.78 Å². The maximum atomic E-state index is 11.5. The summed E-state index contributed by atoms with van der Waals surface area (Å²) in [6.07, 6.45) is 1.30. The van der Waals surface area contributed by atoms with Crippen LogP contribution in [-0.2, 0) is 4.79 Å². The van der Waals surface area contributed by atoms with Gasteiger partial charge in [0.2, 0.25) is 0 Å². The average molecular weight is 187 g/mol. The first kappa shape index (κ1) is 8.18. The van der Waals surface area contributed by atoms with E-state index in [2.05, 4.69) is 12.1 Å². The Labute approximate surface area is 83.1 Å². The van der Waals surface area contributed by atoms with Crippen LogP contribution in [0.3, 0.4) is 0 Å². The van der Waals surface area contributed by atoms with Gasteiger partial charge in [-0.3, -0.25) is 4.79 Å². The summed E-state index contributed by atoms with van der Waals surface area (Å²) < 4.78 is 0. The highest BCUT2D eigenvalue weighted by molar-refractivity contribution is 5.83. The van der Waals surface area contributed by atoms with Gasteiger partial charge in [0.25, 0.3) is 0 Å². The van der Waals surface area contributed by atoms with E-state index in [-0.39, 0.29) is 17.9 Å². The third kappa shape index (κ3) is 0.919. The van der Waals surface area contributed by atoms with Crippen molar-refractivity contribution in [3.63, 3.8) is 0 Å². The van der Waals surface area contributed by atoms with Crippen molar-refractivity contribution < 1.29 is 4.79 Å². The highest BCUT2D eigenvalue weighted by Crippen LogP contribution is 2.48. The van der Waals surface area contributed by atoms with Gasteiger partial charge in [0.15, 0.2) is 0 Å². The number of hydrogen-bond donors (Lipinski definition) is 1. The van der Waals surface area contributed by atoms with Gasteiger partial charge in [0, 0.05) is 30.7 Å². The second-order valence-electron chi connectivity index (χ2n) is 4.37. The fourth-order valence-corrected chi connectivity index (χ4v) is 2.95. The number of rotatable bonds is 0. The van der Waals surface area contributed by atoms with Gasteiger partial charge in [-0.15, -0.1) is 0 Å². The first-order valence-electron chi connectivity index (χ1n) is 5.13. The van der Waals surface area contributed by atoms with Gasteiger partial charge in [-0.05, 0) is 11.1 Å². The van der Waals surface area contributed by atoms with Crippen LogP contribution < -0.4 is 5.73 Å². The molecule has 0 amide bonds. The third-order valence-corrected chi connectivity index (χ3v) is 3.62. The lowest BCUT2D eigenvalue weighted by Gasteiger charge is -2.25. The van der Waals surface area contributed by atoms with Crippen LogP contribution in [0.5, 0.6) is 0 Å². The Hall–Kier alpha value is -1.15. The number of Topliss-reactive ketones (excluding diaryl/α,β-unsaturated/α-hetero) is 1. The van der Waals surface area contributed by atoms with Crippen molar-refractivity contribution in [1.29, 1.82) is 0 Å². The summed E-state index contributed by atoms with van der Waals surface area (Å²) in [6, 6.07) is 8.50. The standard InChI is InChI=1S/C12H13NO/c13-12-10-5-7(14)6-11(12)9-4-2-1-3-8(9)10/h1-4,10-12H,5-6,13H2. The predicted octanol–water partition coefficient (Wildman–Crippen LogP) is 1.56. The molecule has 2 atom stereocenters. The molecule has 2 heteroatoms. The topological polar surface area (TPSA) is 43.1 Å². The lowest BCUT2D eigenvalue weighted by atomic mass is 9.82. The smallest absolute Gasteiger partial charge is 0.134 e. The molecule has 2 aliphatic carbocycles. The minimum Gasteiger partial charge on any atom is -0.327 e. The van der Waals surface area contributed by atoms with Crippen LogP contribution in [0, 0.1) is 0 Å². The Bertz CT molecular complexity index is 364. The molecule has 0 aliphatic heterocycles. The van der Waals surface area contributed by atoms with Crippen molar-refractivity contribution in [2.75, 3.05) is 0 Å². The molecular weight excluding hydrogens is 174 g/mol. The van der Waals surface area contributed by atoms with Gasteiger partial charge in [0.05, 0.1) is 0 Å². The second kappa shape index (κ2) is 2.67. The van der Waals surface area contributed by atoms with Gasteiger partial charge in [-0.25, -0.2) is 0 Å². The molecule has 1 saturated carbocycles. The molecule has 2 bridgehead atoms. The van der Waals surface area contributed by atoms with Crippen molar-refractivity contribution in [3.8, 4) is 0 Å². The maximum absolute atomic E-state index is 11.5. The van der Waals surface area contributed by atoms with Crippen molar-refractivity contribution in [2.24, 2.45) is 5.73 Å². The van der Waals surface area contributed by atoms with E-state index < -0.39 is 0 Å². The van der Waals surface area contributed by atoms with E-state index in [1.807, 2.05) is 12.1 Å². The Balaban J connectivity index is 2.16. The van der Waals surface area contributed by atoms with Crippen LogP contribution in [-0.4, -0.2) is 11.8 Å². The molecule has 2 N–H and O–H groups in total. The van der Waals surface area contributed by atoms with Gasteiger partial charge in [-0.2, -0.15) is 0 Å². The molecule has 0 aromatic heterocycles. The number of benzene rings is 1. The Morgan fingerprint density at radius 3 is 2.07 bits per heavy atom. The van der Waals surface area contributed by atoms with Gasteiger partial charge >= 0.3 is 0 Å². The predicted molar refractivity (Wildman–Crippen MR) is 54.1 cm³/mol. The summed E-state index contributed by atoms with van der Waals surface area (Å²) in [5.74, 6) is 0.952. The van der Waals surface area contributed by atoms with E-state index in [1.54, 1.807) is 0 Å². The van der Waals surface area contributed by atoms with Crippen LogP contribution in [0.4, 0.5) is 0 Å². The maximum Gasteiger partial charge on any atom is 0.134 e. The number of hydrogen-bond acceptors (Lipinski definition) is 2. The summed E-state index contributed by atoms with van der Waals surface area (Å²) in [5, 5.41) is 0. The summed E-state index contributed by atoms with van der Waals surface area (Å²) >= 11 is 0. The summed E-state index contributed by atoms with van der Waals surface area (Å²) in [5.41, 5.74) is 8.78. The molecule has 72 valence electrons. The van der Waals surface area contributed by atoms with E-state index in [4.69, 9.17) is 5.73 Å². The zero-order valence-corrected chi connectivity index (χ0v) is 7.94. The molecule has 0 radical (unpaired) electrons. The molecule has 0 heterocycles. The zero-order valence-electron chi connectivity index (χ0n) is 7.94. The summed E-state index contributed by atoms with van der Waals surface area (Å²) in [6.45, 7) is 0. The van der Waals surface area contributed by atoms with E-state index in [1.165, 1.54) is 11.1 Å². The first-order chi connectivity index (χ1) is 6.77. The van der Waals surface area contributed by atoms with Crippen LogP contribution in [0.15, 0.2) is 24.3 Å². The van der Waals surface area contributed by atoms with Crippen molar-refractivity contribution in [1.82, 2.24) is 0 Å². The highest BCUT2D eigenvalue weighted by atomic mass is 16.1. The van der Waals surface area contributed by atoms with E-state index >= 15 is 0 Å². The third-order valence-electron chi connectivity index (χ3n) is 3.62. The normalized spacial score (nSPS) is 34.4. The molecule has 2 nitrogen and oxygen atoms in total. The first-order valence-corrected chi connectivity index (χ1v) is 5.13. The SMILES string of the molecule is NC1C2CC(=O)CC1c1ccccc12. The minimum atomic E-state index is 0.171. The van der Waals surface area contributed by atoms with Crippen molar-refractivity contribution in [3.05, 3.63) is 35.4 Å². The number of carbonyl (C=O) groups is 1. The molecule has 2 unspecified atom stereocenters. The molecular formula is C12H13NO. The van der Waals surface area contributed by atoms with Gasteiger partial charge < -0.3 is 5.73 Å². The monoisotopic (exact) mass is 187 g/mol. The van der Waals surface area contributed by atoms with Crippen LogP contribution >= 0.6 is 0 Å². The Morgan fingerprint density at radius 1 is 1.07 bits per heavy atom. The molecule has 1 aromatic rings. The lowest BCUT2D eigenvalue weighted by molar-refractivity contribution is -0.121. The molecule has 0 spiro atoms. The highest BCUT2D eigenvalue weighted by Gasteiger charge is 2.43. The van der Waals surface area contributed by atoms with Crippen LogP contribution in [0.1, 0.15) is 35.8 Å². The number of carbonyl (C=O) groups excluding carboxylic acids is 1. The summed E-state index contributed by atoms with van der Waals surface area (Å²) in [7, 11) is 0. The van der Waals surface area contributed by atoms with E-state index in [9.17, 15) is 4.79 Å². The fourth-order valence-electron chi connectivity index (χ4n) is 2.95. The Kier molecular flexibility index (Phi) is 1.56. The largest absolute Gasteiger partial charge is 0.327 e. The van der Waals surface area contributed by atoms with Crippen LogP contribution in [0.25, 0.3) is 0 Å². The molecule has 14 heavy (non-hydrogen) atoms. The lowest BCUT2D eigenvalue weighted by Crippen LogP contribution is -2.35. The number of fused-ring (bicyclic) bond motifs is 5. The van der Waals surface area contributed by atoms with Gasteiger partial charge in [-0.1, -0.05) is 24.3 Å².